The molecule has 0 aliphatic rings. The van der Waals surface area contributed by atoms with Gasteiger partial charge in [0.2, 0.25) is 10.0 Å². The quantitative estimate of drug-likeness (QED) is 0.618. The van der Waals surface area contributed by atoms with E-state index < -0.39 is 21.7 Å². The van der Waals surface area contributed by atoms with Gasteiger partial charge in [-0.15, -0.1) is 0 Å². The molecule has 0 heterocycles. The lowest BCUT2D eigenvalue weighted by Crippen LogP contribution is -2.15. The molecule has 0 aromatic heterocycles. The van der Waals surface area contributed by atoms with Crippen molar-refractivity contribution in [1.82, 2.24) is 0 Å². The van der Waals surface area contributed by atoms with E-state index in [0.717, 1.165) is 0 Å². The summed E-state index contributed by atoms with van der Waals surface area (Å²) in [5.74, 6) is -0.621. The van der Waals surface area contributed by atoms with Crippen molar-refractivity contribution in [2.45, 2.75) is 4.90 Å². The molecule has 3 aromatic carbocycles. The van der Waals surface area contributed by atoms with Crippen LogP contribution in [-0.4, -0.2) is 14.3 Å². The van der Waals surface area contributed by atoms with Gasteiger partial charge >= 0.3 is 0 Å². The SMILES string of the molecule is [C-]#[N+]c1ccc(Oc2ccc(F)cc2)c(C(=O)Nc2cccc(S(N)(=O)=O)c2)c1. The summed E-state index contributed by atoms with van der Waals surface area (Å²) in [6.45, 7) is 7.14. The van der Waals surface area contributed by atoms with Gasteiger partial charge in [-0.3, -0.25) is 4.79 Å². The van der Waals surface area contributed by atoms with Gasteiger partial charge in [0.05, 0.1) is 17.0 Å². The molecule has 146 valence electrons. The molecule has 0 fully saturated rings. The maximum atomic E-state index is 13.1. The number of nitrogens with two attached hydrogens (primary N) is 1. The van der Waals surface area contributed by atoms with Crippen molar-refractivity contribution in [2.75, 3.05) is 5.32 Å². The molecule has 0 spiro atoms. The van der Waals surface area contributed by atoms with E-state index in [-0.39, 0.29) is 27.6 Å². The number of primary sulfonamides is 1. The van der Waals surface area contributed by atoms with Crippen LogP contribution in [0.3, 0.4) is 0 Å². The number of nitrogens with zero attached hydrogens (tertiary/aromatic N) is 1. The van der Waals surface area contributed by atoms with E-state index >= 15 is 0 Å². The number of carbonyl (C=O) groups excluding carboxylic acids is 1. The molecule has 0 saturated heterocycles. The molecular formula is C20H14FN3O4S. The molecule has 1 amide bonds. The summed E-state index contributed by atoms with van der Waals surface area (Å²) >= 11 is 0. The first-order valence-electron chi connectivity index (χ1n) is 8.15. The van der Waals surface area contributed by atoms with Crippen LogP contribution in [0.2, 0.25) is 0 Å². The van der Waals surface area contributed by atoms with Crippen LogP contribution in [-0.2, 0) is 10.0 Å². The number of sulfonamides is 1. The summed E-state index contributed by atoms with van der Waals surface area (Å²) in [6.07, 6.45) is 0. The predicted octanol–water partition coefficient (Wildman–Crippen LogP) is 4.07. The van der Waals surface area contributed by atoms with Crippen LogP contribution >= 0.6 is 0 Å². The largest absolute Gasteiger partial charge is 0.457 e. The Hall–Kier alpha value is -3.74. The molecule has 9 heteroatoms. The summed E-state index contributed by atoms with van der Waals surface area (Å²) in [7, 11) is -3.94. The van der Waals surface area contributed by atoms with Crippen molar-refractivity contribution >= 4 is 27.3 Å². The fourth-order valence-electron chi connectivity index (χ4n) is 2.43. The molecule has 3 rings (SSSR count). The zero-order valence-corrected chi connectivity index (χ0v) is 15.6. The second-order valence-corrected chi connectivity index (χ2v) is 7.44. The second kappa shape index (κ2) is 8.10. The number of carbonyl (C=O) groups is 1. The number of ether oxygens (including phenoxy) is 1. The molecule has 0 aliphatic carbocycles. The number of nitrogens with one attached hydrogen (secondary N) is 1. The average Bonchev–Trinajstić information content (AvgIpc) is 2.69. The molecule has 3 aromatic rings. The van der Waals surface area contributed by atoms with E-state index in [1.54, 1.807) is 0 Å². The molecule has 0 saturated carbocycles. The first-order chi connectivity index (χ1) is 13.8. The first kappa shape index (κ1) is 20.0. The summed E-state index contributed by atoms with van der Waals surface area (Å²) in [4.78, 5) is 15.9. The Morgan fingerprint density at radius 3 is 2.45 bits per heavy atom. The lowest BCUT2D eigenvalue weighted by molar-refractivity contribution is 0.102. The van der Waals surface area contributed by atoms with Crippen molar-refractivity contribution in [3.63, 3.8) is 0 Å². The minimum atomic E-state index is -3.94. The van der Waals surface area contributed by atoms with Crippen molar-refractivity contribution < 1.29 is 22.3 Å². The van der Waals surface area contributed by atoms with E-state index in [1.165, 1.54) is 66.7 Å². The fraction of sp³-hybridized carbons (Fsp3) is 0. The Labute approximate surface area is 166 Å². The van der Waals surface area contributed by atoms with Gasteiger partial charge in [0.15, 0.2) is 5.69 Å². The van der Waals surface area contributed by atoms with Crippen molar-refractivity contribution in [3.05, 3.63) is 89.5 Å². The molecule has 0 atom stereocenters. The maximum Gasteiger partial charge on any atom is 0.258 e. The monoisotopic (exact) mass is 411 g/mol. The maximum absolute atomic E-state index is 13.1. The Bertz CT molecular complexity index is 1220. The number of hydrogen-bond acceptors (Lipinski definition) is 4. The van der Waals surface area contributed by atoms with E-state index in [4.69, 9.17) is 16.4 Å². The lowest BCUT2D eigenvalue weighted by atomic mass is 10.1. The van der Waals surface area contributed by atoms with Gasteiger partial charge in [-0.2, -0.15) is 0 Å². The molecule has 7 nitrogen and oxygen atoms in total. The molecule has 3 N–H and O–H groups in total. The predicted molar refractivity (Wildman–Crippen MR) is 105 cm³/mol. The minimum Gasteiger partial charge on any atom is -0.457 e. The Balaban J connectivity index is 1.93. The zero-order chi connectivity index (χ0) is 21.0. The van der Waals surface area contributed by atoms with E-state index in [0.29, 0.717) is 5.75 Å². The van der Waals surface area contributed by atoms with Crippen LogP contribution in [0.25, 0.3) is 4.85 Å². The smallest absolute Gasteiger partial charge is 0.258 e. The number of rotatable bonds is 5. The van der Waals surface area contributed by atoms with Crippen LogP contribution < -0.4 is 15.2 Å². The molecule has 0 radical (unpaired) electrons. The molecule has 0 bridgehead atoms. The Kier molecular flexibility index (Phi) is 5.59. The third-order valence-corrected chi connectivity index (χ3v) is 4.71. The summed E-state index contributed by atoms with van der Waals surface area (Å²) in [5.41, 5.74) is 0.450. The molecular weight excluding hydrogens is 397 g/mol. The number of halogens is 1. The van der Waals surface area contributed by atoms with Crippen LogP contribution in [0, 0.1) is 12.4 Å². The fourth-order valence-corrected chi connectivity index (χ4v) is 2.99. The van der Waals surface area contributed by atoms with Crippen molar-refractivity contribution in [2.24, 2.45) is 5.14 Å². The van der Waals surface area contributed by atoms with Crippen molar-refractivity contribution in [3.8, 4) is 11.5 Å². The van der Waals surface area contributed by atoms with Crippen LogP contribution in [0.1, 0.15) is 10.4 Å². The van der Waals surface area contributed by atoms with Gasteiger partial charge in [0.1, 0.15) is 17.3 Å². The highest BCUT2D eigenvalue weighted by Crippen LogP contribution is 2.30. The third kappa shape index (κ3) is 4.95. The van der Waals surface area contributed by atoms with Crippen LogP contribution in [0.4, 0.5) is 15.8 Å². The van der Waals surface area contributed by atoms with Gasteiger partial charge in [0, 0.05) is 5.69 Å². The van der Waals surface area contributed by atoms with Gasteiger partial charge in [-0.25, -0.2) is 22.8 Å². The van der Waals surface area contributed by atoms with Crippen LogP contribution in [0.15, 0.2) is 71.6 Å². The van der Waals surface area contributed by atoms with Crippen LogP contribution in [0.5, 0.6) is 11.5 Å². The Morgan fingerprint density at radius 1 is 1.07 bits per heavy atom. The minimum absolute atomic E-state index is 0.0452. The molecule has 0 aliphatic heterocycles. The third-order valence-electron chi connectivity index (χ3n) is 3.80. The molecule has 0 unspecified atom stereocenters. The summed E-state index contributed by atoms with van der Waals surface area (Å²) < 4.78 is 41.7. The highest BCUT2D eigenvalue weighted by atomic mass is 32.2. The first-order valence-corrected chi connectivity index (χ1v) is 9.70. The number of amides is 1. The topological polar surface area (TPSA) is 103 Å². The van der Waals surface area contributed by atoms with Gasteiger partial charge < -0.3 is 10.1 Å². The van der Waals surface area contributed by atoms with Gasteiger partial charge in [-0.1, -0.05) is 12.1 Å². The standard InChI is InChI=1S/C20H14FN3O4S/c1-23-14-7-10-19(28-16-8-5-13(21)6-9-16)18(12-14)20(25)24-15-3-2-4-17(11-15)29(22,26)27/h2-12H,(H,24,25)(H2,22,26,27). The normalized spacial score (nSPS) is 10.8. The number of hydrogen-bond donors (Lipinski definition) is 2. The van der Waals surface area contributed by atoms with E-state index in [9.17, 15) is 17.6 Å². The molecule has 29 heavy (non-hydrogen) atoms. The number of anilines is 1. The van der Waals surface area contributed by atoms with Gasteiger partial charge in [0.25, 0.3) is 5.91 Å². The van der Waals surface area contributed by atoms with Crippen molar-refractivity contribution in [1.29, 1.82) is 0 Å². The summed E-state index contributed by atoms with van der Waals surface area (Å²) in [6, 6.07) is 14.9. The zero-order valence-electron chi connectivity index (χ0n) is 14.8. The number of benzene rings is 3. The Morgan fingerprint density at radius 2 is 1.79 bits per heavy atom. The average molecular weight is 411 g/mol. The highest BCUT2D eigenvalue weighted by Gasteiger charge is 2.16. The van der Waals surface area contributed by atoms with E-state index in [1.807, 2.05) is 0 Å². The second-order valence-electron chi connectivity index (χ2n) is 5.88. The van der Waals surface area contributed by atoms with Gasteiger partial charge in [-0.05, 0) is 54.6 Å². The van der Waals surface area contributed by atoms with E-state index in [2.05, 4.69) is 10.2 Å². The lowest BCUT2D eigenvalue weighted by Gasteiger charge is -2.12. The highest BCUT2D eigenvalue weighted by molar-refractivity contribution is 7.89. The summed E-state index contributed by atoms with van der Waals surface area (Å²) in [5, 5.41) is 7.66.